The summed E-state index contributed by atoms with van der Waals surface area (Å²) in [4.78, 5) is 2.04. The lowest BCUT2D eigenvalue weighted by Gasteiger charge is -2.49. The summed E-state index contributed by atoms with van der Waals surface area (Å²) in [6.07, 6.45) is -1.88. The minimum Gasteiger partial charge on any atom is -0.368 e. The van der Waals surface area contributed by atoms with Gasteiger partial charge in [0.05, 0.1) is 11.1 Å². The molecule has 5 heteroatoms. The summed E-state index contributed by atoms with van der Waals surface area (Å²) < 4.78 is 37.3. The zero-order chi connectivity index (χ0) is 13.0. The van der Waals surface area contributed by atoms with Crippen LogP contribution in [0.2, 0.25) is 0 Å². The molecule has 2 aliphatic rings. The fourth-order valence-electron chi connectivity index (χ4n) is 2.62. The lowest BCUT2D eigenvalue weighted by Crippen LogP contribution is -2.69. The van der Waals surface area contributed by atoms with Gasteiger partial charge in [0.2, 0.25) is 0 Å². The Morgan fingerprint density at radius 2 is 1.67 bits per heavy atom. The van der Waals surface area contributed by atoms with Crippen molar-refractivity contribution in [3.8, 4) is 0 Å². The van der Waals surface area contributed by atoms with E-state index in [1.165, 1.54) is 25.0 Å². The fraction of sp³-hybridized carbons (Fsp3) is 0.538. The molecule has 1 aliphatic carbocycles. The molecule has 0 spiro atoms. The van der Waals surface area contributed by atoms with Crippen molar-refractivity contribution >= 4 is 5.69 Å². The smallest absolute Gasteiger partial charge is 0.368 e. The number of anilines is 1. The fourth-order valence-corrected chi connectivity index (χ4v) is 2.62. The molecule has 18 heavy (non-hydrogen) atoms. The number of hydrogen-bond donors (Lipinski definition) is 1. The van der Waals surface area contributed by atoms with E-state index in [0.29, 0.717) is 5.92 Å². The average molecular weight is 256 g/mol. The highest BCUT2D eigenvalue weighted by Gasteiger charge is 2.50. The molecular weight excluding hydrogens is 241 g/mol. The number of alkyl halides is 3. The predicted molar refractivity (Wildman–Crippen MR) is 63.3 cm³/mol. The van der Waals surface area contributed by atoms with Gasteiger partial charge in [0.15, 0.2) is 0 Å². The normalized spacial score (nSPS) is 22.8. The summed E-state index contributed by atoms with van der Waals surface area (Å²) in [5, 5.41) is 0. The molecule has 0 unspecified atom stereocenters. The SMILES string of the molecule is NC1(C2CC2)CN(c2ccc(C(F)(F)F)cc2)C1. The Labute approximate surface area is 104 Å². The molecule has 0 bridgehead atoms. The molecule has 3 rings (SSSR count). The van der Waals surface area contributed by atoms with Crippen molar-refractivity contribution < 1.29 is 13.2 Å². The van der Waals surface area contributed by atoms with Crippen molar-refractivity contribution in [2.75, 3.05) is 18.0 Å². The van der Waals surface area contributed by atoms with Gasteiger partial charge < -0.3 is 10.6 Å². The summed E-state index contributed by atoms with van der Waals surface area (Å²) >= 11 is 0. The van der Waals surface area contributed by atoms with Gasteiger partial charge in [-0.2, -0.15) is 13.2 Å². The van der Waals surface area contributed by atoms with Crippen molar-refractivity contribution in [1.29, 1.82) is 0 Å². The number of halogens is 3. The second kappa shape index (κ2) is 3.63. The zero-order valence-corrected chi connectivity index (χ0v) is 9.87. The van der Waals surface area contributed by atoms with Crippen LogP contribution in [0.5, 0.6) is 0 Å². The first-order valence-electron chi connectivity index (χ1n) is 6.10. The van der Waals surface area contributed by atoms with E-state index in [1.807, 2.05) is 4.90 Å². The van der Waals surface area contributed by atoms with Crippen LogP contribution in [0.15, 0.2) is 24.3 Å². The molecule has 0 radical (unpaired) electrons. The zero-order valence-electron chi connectivity index (χ0n) is 9.87. The van der Waals surface area contributed by atoms with Crippen LogP contribution in [-0.2, 0) is 6.18 Å². The molecule has 1 saturated heterocycles. The Balaban J connectivity index is 1.68. The van der Waals surface area contributed by atoms with Crippen LogP contribution in [0.25, 0.3) is 0 Å². The summed E-state index contributed by atoms with van der Waals surface area (Å²) in [5.41, 5.74) is 6.32. The molecular formula is C13H15F3N2. The average Bonchev–Trinajstić information content (AvgIpc) is 3.08. The van der Waals surface area contributed by atoms with Crippen molar-refractivity contribution in [1.82, 2.24) is 0 Å². The third kappa shape index (κ3) is 1.96. The van der Waals surface area contributed by atoms with Gasteiger partial charge in [-0.15, -0.1) is 0 Å². The summed E-state index contributed by atoms with van der Waals surface area (Å²) in [6, 6.07) is 5.30. The van der Waals surface area contributed by atoms with Gasteiger partial charge in [-0.25, -0.2) is 0 Å². The molecule has 2 nitrogen and oxygen atoms in total. The van der Waals surface area contributed by atoms with Gasteiger partial charge in [0, 0.05) is 18.8 Å². The monoisotopic (exact) mass is 256 g/mol. The van der Waals surface area contributed by atoms with Crippen molar-refractivity contribution in [2.45, 2.75) is 24.6 Å². The lowest BCUT2D eigenvalue weighted by atomic mass is 9.85. The van der Waals surface area contributed by atoms with Crippen molar-refractivity contribution in [3.63, 3.8) is 0 Å². The number of nitrogens with two attached hydrogens (primary N) is 1. The Kier molecular flexibility index (Phi) is 2.39. The van der Waals surface area contributed by atoms with Crippen LogP contribution in [0.1, 0.15) is 18.4 Å². The van der Waals surface area contributed by atoms with E-state index in [2.05, 4.69) is 0 Å². The highest BCUT2D eigenvalue weighted by molar-refractivity contribution is 5.52. The second-order valence-electron chi connectivity index (χ2n) is 5.41. The molecule has 1 aromatic rings. The van der Waals surface area contributed by atoms with E-state index in [1.54, 1.807) is 0 Å². The third-order valence-corrected chi connectivity index (χ3v) is 3.92. The maximum absolute atomic E-state index is 12.4. The van der Waals surface area contributed by atoms with Gasteiger partial charge >= 0.3 is 6.18 Å². The van der Waals surface area contributed by atoms with Gasteiger partial charge in [-0.1, -0.05) is 0 Å². The summed E-state index contributed by atoms with van der Waals surface area (Å²) in [5.74, 6) is 0.614. The van der Waals surface area contributed by atoms with Gasteiger partial charge in [-0.3, -0.25) is 0 Å². The maximum Gasteiger partial charge on any atom is 0.416 e. The number of benzene rings is 1. The number of nitrogens with zero attached hydrogens (tertiary/aromatic N) is 1. The highest BCUT2D eigenvalue weighted by Crippen LogP contribution is 2.44. The summed E-state index contributed by atoms with van der Waals surface area (Å²) in [7, 11) is 0. The standard InChI is InChI=1S/C13H15F3N2/c14-13(15,16)10-3-5-11(6-4-10)18-7-12(17,8-18)9-1-2-9/h3-6,9H,1-2,7-8,17H2. The number of rotatable bonds is 2. The Hall–Kier alpha value is -1.23. The molecule has 0 amide bonds. The van der Waals surface area contributed by atoms with E-state index in [0.717, 1.165) is 30.9 Å². The van der Waals surface area contributed by atoms with Gasteiger partial charge in [-0.05, 0) is 43.0 Å². The number of hydrogen-bond acceptors (Lipinski definition) is 2. The maximum atomic E-state index is 12.4. The minimum atomic E-state index is -4.26. The van der Waals surface area contributed by atoms with Crippen LogP contribution in [0.4, 0.5) is 18.9 Å². The lowest BCUT2D eigenvalue weighted by molar-refractivity contribution is -0.137. The second-order valence-corrected chi connectivity index (χ2v) is 5.41. The highest BCUT2D eigenvalue weighted by atomic mass is 19.4. The summed E-state index contributed by atoms with van der Waals surface area (Å²) in [6.45, 7) is 1.51. The van der Waals surface area contributed by atoms with Crippen LogP contribution in [0, 0.1) is 5.92 Å². The quantitative estimate of drug-likeness (QED) is 0.881. The minimum absolute atomic E-state index is 0.108. The molecule has 1 saturated carbocycles. The molecule has 2 fully saturated rings. The van der Waals surface area contributed by atoms with Crippen LogP contribution >= 0.6 is 0 Å². The van der Waals surface area contributed by atoms with E-state index < -0.39 is 11.7 Å². The molecule has 1 aliphatic heterocycles. The van der Waals surface area contributed by atoms with Crippen LogP contribution in [0.3, 0.4) is 0 Å². The molecule has 98 valence electrons. The van der Waals surface area contributed by atoms with E-state index >= 15 is 0 Å². The molecule has 1 aromatic carbocycles. The van der Waals surface area contributed by atoms with Crippen LogP contribution < -0.4 is 10.6 Å². The third-order valence-electron chi connectivity index (χ3n) is 3.92. The van der Waals surface area contributed by atoms with E-state index in [4.69, 9.17) is 5.73 Å². The first kappa shape index (κ1) is 11.8. The van der Waals surface area contributed by atoms with Crippen molar-refractivity contribution in [3.05, 3.63) is 29.8 Å². The van der Waals surface area contributed by atoms with Crippen LogP contribution in [-0.4, -0.2) is 18.6 Å². The van der Waals surface area contributed by atoms with Gasteiger partial charge in [0.25, 0.3) is 0 Å². The van der Waals surface area contributed by atoms with E-state index in [-0.39, 0.29) is 5.54 Å². The molecule has 2 N–H and O–H groups in total. The predicted octanol–water partition coefficient (Wildman–Crippen LogP) is 2.63. The molecule has 0 aromatic heterocycles. The molecule has 0 atom stereocenters. The topological polar surface area (TPSA) is 29.3 Å². The Bertz CT molecular complexity index is 442. The van der Waals surface area contributed by atoms with E-state index in [9.17, 15) is 13.2 Å². The molecule has 1 heterocycles. The largest absolute Gasteiger partial charge is 0.416 e. The van der Waals surface area contributed by atoms with Gasteiger partial charge in [0.1, 0.15) is 0 Å². The van der Waals surface area contributed by atoms with Crippen molar-refractivity contribution in [2.24, 2.45) is 11.7 Å². The Morgan fingerprint density at radius 3 is 2.11 bits per heavy atom. The Morgan fingerprint density at radius 1 is 1.11 bits per heavy atom. The first-order valence-corrected chi connectivity index (χ1v) is 6.10. The first-order chi connectivity index (χ1) is 8.38.